The lowest BCUT2D eigenvalue weighted by Crippen LogP contribution is -2.14. The first-order valence-corrected chi connectivity index (χ1v) is 7.42. The normalized spacial score (nSPS) is 10.7. The third-order valence-electron chi connectivity index (χ3n) is 3.60. The molecule has 0 spiro atoms. The maximum Gasteiger partial charge on any atom is 0.258 e. The van der Waals surface area contributed by atoms with Crippen LogP contribution in [-0.4, -0.2) is 25.3 Å². The summed E-state index contributed by atoms with van der Waals surface area (Å²) >= 11 is 0. The van der Waals surface area contributed by atoms with Crippen LogP contribution in [0.4, 0.5) is 5.82 Å². The summed E-state index contributed by atoms with van der Waals surface area (Å²) in [6, 6.07) is 13.3. The van der Waals surface area contributed by atoms with E-state index in [-0.39, 0.29) is 5.91 Å². The number of imidazole rings is 1. The molecule has 0 unspecified atom stereocenters. The van der Waals surface area contributed by atoms with E-state index in [4.69, 9.17) is 0 Å². The Morgan fingerprint density at radius 2 is 1.92 bits per heavy atom. The lowest BCUT2D eigenvalue weighted by atomic mass is 10.2. The Balaban J connectivity index is 1.71. The van der Waals surface area contributed by atoms with Gasteiger partial charge < -0.3 is 9.72 Å². The van der Waals surface area contributed by atoms with Crippen LogP contribution in [0.2, 0.25) is 0 Å². The van der Waals surface area contributed by atoms with Crippen molar-refractivity contribution in [1.82, 2.24) is 19.4 Å². The van der Waals surface area contributed by atoms with Crippen LogP contribution in [0.1, 0.15) is 10.4 Å². The molecule has 0 radical (unpaired) electrons. The van der Waals surface area contributed by atoms with Crippen LogP contribution in [0.25, 0.3) is 16.9 Å². The van der Waals surface area contributed by atoms with Gasteiger partial charge in [-0.3, -0.25) is 9.78 Å². The number of amides is 1. The third-order valence-corrected chi connectivity index (χ3v) is 3.60. The number of fused-ring (bicyclic) bond motifs is 1. The third kappa shape index (κ3) is 2.61. The molecule has 1 aromatic carbocycles. The molecule has 24 heavy (non-hydrogen) atoms. The number of carbonyl (C=O) groups excluding carboxylic acids is 1. The largest absolute Gasteiger partial charge is 0.303 e. The van der Waals surface area contributed by atoms with Crippen molar-refractivity contribution in [3.05, 3.63) is 79.0 Å². The molecule has 0 aliphatic carbocycles. The maximum absolute atomic E-state index is 12.3. The van der Waals surface area contributed by atoms with Gasteiger partial charge in [0, 0.05) is 36.5 Å². The number of benzene rings is 1. The summed E-state index contributed by atoms with van der Waals surface area (Å²) in [5.41, 5.74) is 2.89. The monoisotopic (exact) mass is 315 g/mol. The van der Waals surface area contributed by atoms with Crippen molar-refractivity contribution in [1.29, 1.82) is 0 Å². The molecule has 1 N–H and O–H groups in total. The number of nitrogens with one attached hydrogen (secondary N) is 1. The Bertz CT molecular complexity index is 996. The summed E-state index contributed by atoms with van der Waals surface area (Å²) in [5.74, 6) is 0.140. The SMILES string of the molecule is O=C(Nc1nccn2cc(-c3ccccc3)nc12)c1cccnc1. The Kier molecular flexibility index (Phi) is 3.47. The van der Waals surface area contributed by atoms with Gasteiger partial charge >= 0.3 is 0 Å². The molecule has 0 saturated carbocycles. The van der Waals surface area contributed by atoms with E-state index < -0.39 is 0 Å². The molecule has 6 nitrogen and oxygen atoms in total. The predicted octanol–water partition coefficient (Wildman–Crippen LogP) is 3.04. The highest BCUT2D eigenvalue weighted by atomic mass is 16.1. The maximum atomic E-state index is 12.3. The number of carbonyl (C=O) groups is 1. The molecular formula is C18H13N5O. The number of rotatable bonds is 3. The molecule has 6 heteroatoms. The topological polar surface area (TPSA) is 72.2 Å². The number of nitrogens with zero attached hydrogens (tertiary/aromatic N) is 4. The molecule has 4 aromatic rings. The fraction of sp³-hybridized carbons (Fsp3) is 0. The van der Waals surface area contributed by atoms with Gasteiger partial charge in [0.15, 0.2) is 11.5 Å². The summed E-state index contributed by atoms with van der Waals surface area (Å²) < 4.78 is 1.84. The molecule has 1 amide bonds. The van der Waals surface area contributed by atoms with Gasteiger partial charge in [0.2, 0.25) is 0 Å². The Hall–Kier alpha value is -3.54. The number of anilines is 1. The van der Waals surface area contributed by atoms with Gasteiger partial charge in [-0.05, 0) is 12.1 Å². The lowest BCUT2D eigenvalue weighted by molar-refractivity contribution is 0.102. The molecule has 116 valence electrons. The Labute approximate surface area is 137 Å². The summed E-state index contributed by atoms with van der Waals surface area (Å²) in [6.07, 6.45) is 8.47. The fourth-order valence-corrected chi connectivity index (χ4v) is 2.43. The van der Waals surface area contributed by atoms with Crippen molar-refractivity contribution in [3.63, 3.8) is 0 Å². The van der Waals surface area contributed by atoms with E-state index in [1.54, 1.807) is 30.7 Å². The van der Waals surface area contributed by atoms with E-state index in [1.165, 1.54) is 6.20 Å². The van der Waals surface area contributed by atoms with Crippen LogP contribution in [0.15, 0.2) is 73.4 Å². The van der Waals surface area contributed by atoms with Crippen LogP contribution in [0, 0.1) is 0 Å². The van der Waals surface area contributed by atoms with E-state index >= 15 is 0 Å². The van der Waals surface area contributed by atoms with Crippen molar-refractivity contribution >= 4 is 17.4 Å². The van der Waals surface area contributed by atoms with Crippen molar-refractivity contribution in [2.45, 2.75) is 0 Å². The predicted molar refractivity (Wildman–Crippen MR) is 90.6 cm³/mol. The first-order valence-electron chi connectivity index (χ1n) is 7.42. The van der Waals surface area contributed by atoms with Crippen LogP contribution >= 0.6 is 0 Å². The van der Waals surface area contributed by atoms with Crippen LogP contribution in [0.3, 0.4) is 0 Å². The highest BCUT2D eigenvalue weighted by molar-refractivity contribution is 6.05. The van der Waals surface area contributed by atoms with Crippen LogP contribution < -0.4 is 5.32 Å². The van der Waals surface area contributed by atoms with Crippen LogP contribution in [-0.2, 0) is 0 Å². The van der Waals surface area contributed by atoms with Crippen LogP contribution in [0.5, 0.6) is 0 Å². The second-order valence-corrected chi connectivity index (χ2v) is 5.19. The minimum Gasteiger partial charge on any atom is -0.303 e. The fourth-order valence-electron chi connectivity index (χ4n) is 2.43. The zero-order chi connectivity index (χ0) is 16.4. The molecule has 4 rings (SSSR count). The quantitative estimate of drug-likeness (QED) is 0.631. The molecule has 0 bridgehead atoms. The van der Waals surface area contributed by atoms with Crippen molar-refractivity contribution in [2.75, 3.05) is 5.32 Å². The van der Waals surface area contributed by atoms with E-state index in [1.807, 2.05) is 40.9 Å². The van der Waals surface area contributed by atoms with Crippen molar-refractivity contribution < 1.29 is 4.79 Å². The summed E-state index contributed by atoms with van der Waals surface area (Å²) in [7, 11) is 0. The number of hydrogen-bond donors (Lipinski definition) is 1. The molecule has 3 heterocycles. The highest BCUT2D eigenvalue weighted by Gasteiger charge is 2.12. The second kappa shape index (κ2) is 5.92. The second-order valence-electron chi connectivity index (χ2n) is 5.19. The molecule has 3 aromatic heterocycles. The minimum atomic E-state index is -0.270. The van der Waals surface area contributed by atoms with Gasteiger partial charge in [0.05, 0.1) is 11.3 Å². The van der Waals surface area contributed by atoms with E-state index in [0.717, 1.165) is 11.3 Å². The molecule has 0 aliphatic heterocycles. The first kappa shape index (κ1) is 14.1. The molecule has 0 saturated heterocycles. The van der Waals surface area contributed by atoms with Crippen molar-refractivity contribution in [2.24, 2.45) is 0 Å². The Morgan fingerprint density at radius 1 is 1.04 bits per heavy atom. The summed E-state index contributed by atoms with van der Waals surface area (Å²) in [5, 5.41) is 2.79. The van der Waals surface area contributed by atoms with Gasteiger partial charge in [-0.1, -0.05) is 30.3 Å². The minimum absolute atomic E-state index is 0.270. The molecule has 0 aliphatic rings. The number of pyridine rings is 1. The number of hydrogen-bond acceptors (Lipinski definition) is 4. The zero-order valence-corrected chi connectivity index (χ0v) is 12.6. The number of aromatic nitrogens is 4. The van der Waals surface area contributed by atoms with Gasteiger partial charge in [-0.25, -0.2) is 9.97 Å². The average molecular weight is 315 g/mol. The lowest BCUT2D eigenvalue weighted by Gasteiger charge is -2.04. The zero-order valence-electron chi connectivity index (χ0n) is 12.6. The summed E-state index contributed by atoms with van der Waals surface area (Å²) in [4.78, 5) is 25.1. The van der Waals surface area contributed by atoms with Gasteiger partial charge in [-0.15, -0.1) is 0 Å². The van der Waals surface area contributed by atoms with E-state index in [9.17, 15) is 4.79 Å². The van der Waals surface area contributed by atoms with E-state index in [2.05, 4.69) is 20.3 Å². The molecule has 0 atom stereocenters. The standard InChI is InChI=1S/C18H13N5O/c24-18(14-7-4-8-19-11-14)22-16-17-21-15(12-23(17)10-9-20-16)13-5-2-1-3-6-13/h1-12H,(H,20,22,24). The van der Waals surface area contributed by atoms with E-state index in [0.29, 0.717) is 17.0 Å². The van der Waals surface area contributed by atoms with Gasteiger partial charge in [-0.2, -0.15) is 0 Å². The van der Waals surface area contributed by atoms with Crippen molar-refractivity contribution in [3.8, 4) is 11.3 Å². The molecule has 0 fully saturated rings. The van der Waals surface area contributed by atoms with Gasteiger partial charge in [0.25, 0.3) is 5.91 Å². The average Bonchev–Trinajstić information content (AvgIpc) is 3.08. The first-order chi connectivity index (χ1) is 11.8. The molecular weight excluding hydrogens is 302 g/mol. The smallest absolute Gasteiger partial charge is 0.258 e. The highest BCUT2D eigenvalue weighted by Crippen LogP contribution is 2.21. The Morgan fingerprint density at radius 3 is 2.71 bits per heavy atom. The van der Waals surface area contributed by atoms with Gasteiger partial charge in [0.1, 0.15) is 0 Å². The summed E-state index contributed by atoms with van der Waals surface area (Å²) in [6.45, 7) is 0.